The van der Waals surface area contributed by atoms with Gasteiger partial charge in [0.25, 0.3) is 9.84 Å². The lowest BCUT2D eigenvalue weighted by Gasteiger charge is -2.20. The van der Waals surface area contributed by atoms with Gasteiger partial charge in [0.2, 0.25) is 0 Å². The Morgan fingerprint density at radius 3 is 1.57 bits per heavy atom. The predicted octanol–water partition coefficient (Wildman–Crippen LogP) is 6.89. The minimum absolute atomic E-state index is 0.0125. The van der Waals surface area contributed by atoms with E-state index in [0.29, 0.717) is 6.42 Å². The molecule has 8 heteroatoms. The van der Waals surface area contributed by atoms with Gasteiger partial charge in [-0.15, -0.1) is 0 Å². The molecule has 0 radical (unpaired) electrons. The molecule has 0 aromatic heterocycles. The van der Waals surface area contributed by atoms with Gasteiger partial charge in [0.1, 0.15) is 0 Å². The Labute approximate surface area is 224 Å². The second-order valence-corrected chi connectivity index (χ2v) is 15.8. The van der Waals surface area contributed by atoms with Crippen molar-refractivity contribution in [1.29, 1.82) is 0 Å². The normalized spacial score (nSPS) is 13.7. The largest absolute Gasteiger partial charge is 0.404 e. The average Bonchev–Trinajstić information content (AvgIpc) is 2.82. The zero-order valence-electron chi connectivity index (χ0n) is 23.3. The van der Waals surface area contributed by atoms with Crippen LogP contribution in [0.15, 0.2) is 58.3 Å². The van der Waals surface area contributed by atoms with Crippen LogP contribution in [0, 0.1) is 0 Å². The van der Waals surface area contributed by atoms with Gasteiger partial charge in [-0.25, -0.2) is 16.8 Å². The first kappa shape index (κ1) is 30.9. The van der Waals surface area contributed by atoms with Crippen LogP contribution in [-0.4, -0.2) is 31.9 Å². The Balaban J connectivity index is 2.54. The minimum atomic E-state index is -4.36. The highest BCUT2D eigenvalue weighted by Gasteiger charge is 2.46. The van der Waals surface area contributed by atoms with E-state index in [-0.39, 0.29) is 27.0 Å². The fourth-order valence-corrected chi connectivity index (χ4v) is 7.90. The highest BCUT2D eigenvalue weighted by atomic mass is 32.2. The lowest BCUT2D eigenvalue weighted by Crippen LogP contribution is -2.37. The second-order valence-electron chi connectivity index (χ2n) is 11.7. The summed E-state index contributed by atoms with van der Waals surface area (Å²) >= 11 is 0. The maximum atomic E-state index is 13.8. The molecule has 0 heterocycles. The summed E-state index contributed by atoms with van der Waals surface area (Å²) in [6.45, 7) is 14.2. The summed E-state index contributed by atoms with van der Waals surface area (Å²) in [7, 11) is -8.52. The molecule has 0 spiro atoms. The molecule has 0 amide bonds. The zero-order valence-corrected chi connectivity index (χ0v) is 24.9. The van der Waals surface area contributed by atoms with Crippen molar-refractivity contribution in [3.63, 3.8) is 0 Å². The Kier molecular flexibility index (Phi) is 10.1. The van der Waals surface area contributed by atoms with Crippen molar-refractivity contribution in [1.82, 2.24) is 0 Å². The monoisotopic (exact) mass is 546 g/mol. The lowest BCUT2D eigenvalue weighted by atomic mass is 9.87. The topological polar surface area (TPSA) is 105 Å². The van der Waals surface area contributed by atoms with Crippen LogP contribution in [0.3, 0.4) is 0 Å². The van der Waals surface area contributed by atoms with Gasteiger partial charge in [-0.2, -0.15) is 4.79 Å². The van der Waals surface area contributed by atoms with Gasteiger partial charge in [-0.05, 0) is 52.6 Å². The third-order valence-electron chi connectivity index (χ3n) is 6.67. The van der Waals surface area contributed by atoms with Crippen LogP contribution < -0.4 is 0 Å². The molecule has 0 aliphatic rings. The smallest absolute Gasteiger partial charge is 0.360 e. The van der Waals surface area contributed by atoms with Crippen LogP contribution in [0.25, 0.3) is 5.53 Å². The van der Waals surface area contributed by atoms with E-state index in [1.807, 2.05) is 41.5 Å². The van der Waals surface area contributed by atoms with E-state index in [9.17, 15) is 22.4 Å². The van der Waals surface area contributed by atoms with Crippen molar-refractivity contribution in [3.8, 4) is 0 Å². The predicted molar refractivity (Wildman–Crippen MR) is 150 cm³/mol. The molecule has 0 fully saturated rings. The maximum Gasteiger partial charge on any atom is 0.404 e. The highest BCUT2D eigenvalue weighted by molar-refractivity contribution is 8.08. The average molecular weight is 547 g/mol. The van der Waals surface area contributed by atoms with E-state index in [1.54, 1.807) is 24.3 Å². The SMILES string of the molecule is CCCCCCCC(C(=[N+]=[N-])S(=O)(=O)c1ccc(C(C)(C)C)cc1)S(=O)(=O)c1ccc(C(C)(C)C)cc1. The second kappa shape index (κ2) is 12.1. The fraction of sp³-hybridized carbons (Fsp3) is 0.552. The number of hydrogen-bond donors (Lipinski definition) is 0. The first-order valence-corrected chi connectivity index (χ1v) is 16.0. The van der Waals surface area contributed by atoms with Gasteiger partial charge >= 0.3 is 5.04 Å². The summed E-state index contributed by atoms with van der Waals surface area (Å²) < 4.78 is 54.9. The van der Waals surface area contributed by atoms with Gasteiger partial charge in [-0.1, -0.05) is 105 Å². The van der Waals surface area contributed by atoms with E-state index in [4.69, 9.17) is 0 Å². The maximum absolute atomic E-state index is 13.8. The molecule has 2 aromatic rings. The van der Waals surface area contributed by atoms with Crippen molar-refractivity contribution in [3.05, 3.63) is 65.2 Å². The third-order valence-corrected chi connectivity index (χ3v) is 10.8. The fourth-order valence-electron chi connectivity index (χ4n) is 4.20. The van der Waals surface area contributed by atoms with E-state index in [2.05, 4.69) is 11.7 Å². The molecule has 1 unspecified atom stereocenters. The molecular formula is C29H42N2O4S2. The first-order chi connectivity index (χ1) is 17.1. The molecule has 2 aromatic carbocycles. The van der Waals surface area contributed by atoms with Crippen LogP contribution in [0.4, 0.5) is 0 Å². The van der Waals surface area contributed by atoms with Gasteiger partial charge in [0.15, 0.2) is 15.1 Å². The molecule has 37 heavy (non-hydrogen) atoms. The summed E-state index contributed by atoms with van der Waals surface area (Å²) in [5, 5.41) is -2.22. The first-order valence-electron chi connectivity index (χ1n) is 13.0. The standard InChI is InChI=1S/C29H42N2O4S2/c1-8-9-10-11-12-13-26(36(32,33)24-18-14-22(15-19-24)28(2,3)4)27(31-30)37(34,35)25-20-16-23(17-21-25)29(5,6)7/h14-21,26H,8-13H2,1-7H3. The number of nitrogens with zero attached hydrogens (tertiary/aromatic N) is 2. The van der Waals surface area contributed by atoms with E-state index >= 15 is 0 Å². The number of unbranched alkanes of at least 4 members (excludes halogenated alkanes) is 4. The molecule has 2 rings (SSSR count). The van der Waals surface area contributed by atoms with Crippen LogP contribution in [0.2, 0.25) is 0 Å². The Morgan fingerprint density at radius 1 is 0.730 bits per heavy atom. The minimum Gasteiger partial charge on any atom is -0.360 e. The molecule has 0 aliphatic heterocycles. The number of rotatable bonds is 10. The number of benzene rings is 2. The van der Waals surface area contributed by atoms with Crippen molar-refractivity contribution in [2.75, 3.05) is 0 Å². The van der Waals surface area contributed by atoms with Crippen molar-refractivity contribution < 1.29 is 21.6 Å². The van der Waals surface area contributed by atoms with Crippen molar-refractivity contribution in [2.45, 2.75) is 113 Å². The highest BCUT2D eigenvalue weighted by Crippen LogP contribution is 2.30. The van der Waals surface area contributed by atoms with E-state index in [1.165, 1.54) is 24.3 Å². The van der Waals surface area contributed by atoms with Crippen molar-refractivity contribution >= 4 is 24.7 Å². The molecule has 0 saturated carbocycles. The Morgan fingerprint density at radius 2 is 1.16 bits per heavy atom. The molecule has 204 valence electrons. The summed E-state index contributed by atoms with van der Waals surface area (Å²) in [5.41, 5.74) is 11.5. The summed E-state index contributed by atoms with van der Waals surface area (Å²) in [4.78, 5) is 3.04. The third kappa shape index (κ3) is 7.62. The Bertz CT molecular complexity index is 1310. The number of sulfone groups is 2. The van der Waals surface area contributed by atoms with Crippen LogP contribution in [-0.2, 0) is 30.5 Å². The summed E-state index contributed by atoms with van der Waals surface area (Å²) in [6, 6.07) is 12.8. The summed E-state index contributed by atoms with van der Waals surface area (Å²) in [5.74, 6) is 0. The van der Waals surface area contributed by atoms with Crippen LogP contribution in [0.5, 0.6) is 0 Å². The molecule has 6 nitrogen and oxygen atoms in total. The molecule has 0 N–H and O–H groups in total. The molecule has 0 saturated heterocycles. The van der Waals surface area contributed by atoms with Gasteiger partial charge < -0.3 is 5.53 Å². The van der Waals surface area contributed by atoms with Gasteiger partial charge in [-0.3, -0.25) is 0 Å². The quantitative estimate of drug-likeness (QED) is 0.106. The van der Waals surface area contributed by atoms with Crippen LogP contribution in [0.1, 0.15) is 98.1 Å². The molecule has 0 bridgehead atoms. The Hall–Kier alpha value is -2.28. The van der Waals surface area contributed by atoms with E-state index < -0.39 is 30.0 Å². The van der Waals surface area contributed by atoms with Crippen LogP contribution >= 0.6 is 0 Å². The van der Waals surface area contributed by atoms with Gasteiger partial charge in [0.05, 0.1) is 9.79 Å². The molecule has 0 aliphatic carbocycles. The lowest BCUT2D eigenvalue weighted by molar-refractivity contribution is -0.00318. The van der Waals surface area contributed by atoms with E-state index in [0.717, 1.165) is 36.8 Å². The number of hydrogen-bond acceptors (Lipinski definition) is 4. The molecular weight excluding hydrogens is 504 g/mol. The van der Waals surface area contributed by atoms with Crippen molar-refractivity contribution in [2.24, 2.45) is 0 Å². The summed E-state index contributed by atoms with van der Waals surface area (Å²) in [6.07, 6.45) is 4.29. The zero-order chi connectivity index (χ0) is 28.1. The van der Waals surface area contributed by atoms with Gasteiger partial charge in [0, 0.05) is 0 Å². The molecule has 1 atom stereocenters.